The molecule has 1 fully saturated rings. The Morgan fingerprint density at radius 3 is 2.79 bits per heavy atom. The molecular formula is C17H17F3N6OS. The van der Waals surface area contributed by atoms with Crippen LogP contribution in [0.2, 0.25) is 0 Å². The summed E-state index contributed by atoms with van der Waals surface area (Å²) in [6.07, 6.45) is -0.999. The number of fused-ring (bicyclic) bond motifs is 1. The minimum atomic E-state index is -4.33. The fourth-order valence-corrected chi connectivity index (χ4v) is 4.06. The van der Waals surface area contributed by atoms with E-state index < -0.39 is 18.1 Å². The third-order valence-corrected chi connectivity index (χ3v) is 5.76. The molecule has 0 aromatic carbocycles. The summed E-state index contributed by atoms with van der Waals surface area (Å²) in [6, 6.07) is -0.0804. The van der Waals surface area contributed by atoms with Gasteiger partial charge in [0.05, 0.1) is 11.9 Å². The Morgan fingerprint density at radius 2 is 2.11 bits per heavy atom. The van der Waals surface area contributed by atoms with E-state index in [0.29, 0.717) is 11.6 Å². The number of carbonyl (C=O) groups excluding carboxylic acids is 1. The molecule has 1 aliphatic rings. The highest BCUT2D eigenvalue weighted by Crippen LogP contribution is 2.35. The standard InChI is InChI=1S/C17H17F3N6OS/c1-9-10(2)28-16(22-9)24-15(27)11-8-21-26-7-5-13(23-14(11)26)25-6-3-4-12(25)17(18,19)20/h5,7-8,12H,3-4,6H2,1-2H3,(H,22,24,27)/t12-/m0/s1. The Bertz CT molecular complexity index is 1020. The van der Waals surface area contributed by atoms with Gasteiger partial charge in [0.15, 0.2) is 10.8 Å². The highest BCUT2D eigenvalue weighted by Gasteiger charge is 2.46. The molecule has 0 unspecified atom stereocenters. The van der Waals surface area contributed by atoms with Crippen LogP contribution in [0.3, 0.4) is 0 Å². The van der Waals surface area contributed by atoms with Crippen LogP contribution < -0.4 is 10.2 Å². The highest BCUT2D eigenvalue weighted by atomic mass is 32.1. The van der Waals surface area contributed by atoms with Crippen LogP contribution in [0.5, 0.6) is 0 Å². The van der Waals surface area contributed by atoms with E-state index in [4.69, 9.17) is 0 Å². The van der Waals surface area contributed by atoms with Gasteiger partial charge in [0.1, 0.15) is 17.4 Å². The van der Waals surface area contributed by atoms with Crippen molar-refractivity contribution < 1.29 is 18.0 Å². The Kier molecular flexibility index (Phi) is 4.48. The van der Waals surface area contributed by atoms with Crippen LogP contribution in [0.1, 0.15) is 33.8 Å². The fourth-order valence-electron chi connectivity index (χ4n) is 3.25. The van der Waals surface area contributed by atoms with Gasteiger partial charge in [-0.25, -0.2) is 14.5 Å². The largest absolute Gasteiger partial charge is 0.408 e. The molecule has 7 nitrogen and oxygen atoms in total. The van der Waals surface area contributed by atoms with Crippen molar-refractivity contribution in [3.63, 3.8) is 0 Å². The molecule has 4 rings (SSSR count). The molecule has 1 aliphatic heterocycles. The number of aromatic nitrogens is 4. The number of thiazole rings is 1. The number of amides is 1. The van der Waals surface area contributed by atoms with Gasteiger partial charge in [0.25, 0.3) is 5.91 Å². The lowest BCUT2D eigenvalue weighted by Gasteiger charge is -2.27. The number of hydrogen-bond acceptors (Lipinski definition) is 6. The summed E-state index contributed by atoms with van der Waals surface area (Å²) in [5.74, 6) is -0.273. The molecule has 3 aromatic heterocycles. The summed E-state index contributed by atoms with van der Waals surface area (Å²) in [6.45, 7) is 4.01. The zero-order valence-electron chi connectivity index (χ0n) is 15.1. The first-order valence-corrected chi connectivity index (χ1v) is 9.49. The lowest BCUT2D eigenvalue weighted by molar-refractivity contribution is -0.146. The molecule has 1 saturated heterocycles. The van der Waals surface area contributed by atoms with Crippen molar-refractivity contribution in [1.82, 2.24) is 19.6 Å². The van der Waals surface area contributed by atoms with Gasteiger partial charge in [-0.3, -0.25) is 10.1 Å². The van der Waals surface area contributed by atoms with Gasteiger partial charge in [0, 0.05) is 17.6 Å². The lowest BCUT2D eigenvalue weighted by atomic mass is 10.2. The van der Waals surface area contributed by atoms with Crippen LogP contribution in [0.15, 0.2) is 18.5 Å². The highest BCUT2D eigenvalue weighted by molar-refractivity contribution is 7.15. The number of aryl methyl sites for hydroxylation is 2. The van der Waals surface area contributed by atoms with E-state index in [2.05, 4.69) is 20.4 Å². The SMILES string of the molecule is Cc1nc(NC(=O)c2cnn3ccc(N4CCC[C@H]4C(F)(F)F)nc23)sc1C. The summed E-state index contributed by atoms with van der Waals surface area (Å²) < 4.78 is 41.2. The molecule has 28 heavy (non-hydrogen) atoms. The van der Waals surface area contributed by atoms with Gasteiger partial charge in [-0.15, -0.1) is 11.3 Å². The number of alkyl halides is 3. The molecule has 0 spiro atoms. The predicted molar refractivity (Wildman–Crippen MR) is 99.0 cm³/mol. The summed E-state index contributed by atoms with van der Waals surface area (Å²) >= 11 is 1.35. The number of carbonyl (C=O) groups is 1. The second-order valence-corrected chi connectivity index (χ2v) is 7.82. The van der Waals surface area contributed by atoms with Gasteiger partial charge in [-0.2, -0.15) is 18.3 Å². The van der Waals surface area contributed by atoms with Crippen LogP contribution in [-0.4, -0.2) is 44.3 Å². The molecule has 148 valence electrons. The molecule has 0 bridgehead atoms. The molecule has 3 aromatic rings. The first-order chi connectivity index (χ1) is 13.2. The minimum Gasteiger partial charge on any atom is -0.344 e. The van der Waals surface area contributed by atoms with Gasteiger partial charge < -0.3 is 4.90 Å². The van der Waals surface area contributed by atoms with Crippen LogP contribution in [-0.2, 0) is 0 Å². The number of nitrogens with zero attached hydrogens (tertiary/aromatic N) is 5. The molecule has 4 heterocycles. The van der Waals surface area contributed by atoms with Crippen molar-refractivity contribution in [3.8, 4) is 0 Å². The predicted octanol–water partition coefficient (Wildman–Crippen LogP) is 3.59. The number of halogens is 3. The molecular weight excluding hydrogens is 393 g/mol. The monoisotopic (exact) mass is 410 g/mol. The summed E-state index contributed by atoms with van der Waals surface area (Å²) in [5.41, 5.74) is 1.20. The van der Waals surface area contributed by atoms with Gasteiger partial charge in [-0.1, -0.05) is 0 Å². The molecule has 0 saturated carbocycles. The molecule has 0 aliphatic carbocycles. The van der Waals surface area contributed by atoms with E-state index in [1.54, 1.807) is 0 Å². The molecule has 1 amide bonds. The van der Waals surface area contributed by atoms with E-state index in [1.165, 1.54) is 39.2 Å². The number of anilines is 2. The Balaban J connectivity index is 1.65. The van der Waals surface area contributed by atoms with Crippen molar-refractivity contribution in [2.75, 3.05) is 16.8 Å². The van der Waals surface area contributed by atoms with Crippen molar-refractivity contribution >= 4 is 33.8 Å². The first kappa shape index (κ1) is 18.7. The van der Waals surface area contributed by atoms with E-state index in [1.807, 2.05) is 13.8 Å². The third-order valence-electron chi connectivity index (χ3n) is 4.77. The topological polar surface area (TPSA) is 75.4 Å². The smallest absolute Gasteiger partial charge is 0.344 e. The normalized spacial score (nSPS) is 17.5. The van der Waals surface area contributed by atoms with Gasteiger partial charge >= 0.3 is 6.18 Å². The van der Waals surface area contributed by atoms with E-state index in [0.717, 1.165) is 10.6 Å². The summed E-state index contributed by atoms with van der Waals surface area (Å²) in [4.78, 5) is 23.4. The maximum atomic E-state index is 13.3. The number of rotatable bonds is 3. The van der Waals surface area contributed by atoms with Crippen molar-refractivity contribution in [3.05, 3.63) is 34.6 Å². The number of nitrogens with one attached hydrogen (secondary N) is 1. The fraction of sp³-hybridized carbons (Fsp3) is 0.412. The quantitative estimate of drug-likeness (QED) is 0.714. The average molecular weight is 410 g/mol. The Morgan fingerprint density at radius 1 is 1.32 bits per heavy atom. The van der Waals surface area contributed by atoms with Crippen molar-refractivity contribution in [2.24, 2.45) is 0 Å². The zero-order valence-corrected chi connectivity index (χ0v) is 15.9. The minimum absolute atomic E-state index is 0.0334. The summed E-state index contributed by atoms with van der Waals surface area (Å²) in [7, 11) is 0. The number of hydrogen-bond donors (Lipinski definition) is 1. The van der Waals surface area contributed by atoms with Crippen LogP contribution in [0.4, 0.5) is 24.1 Å². The average Bonchev–Trinajstić information content (AvgIpc) is 3.33. The van der Waals surface area contributed by atoms with E-state index in [-0.39, 0.29) is 30.0 Å². The Hall–Kier alpha value is -2.69. The van der Waals surface area contributed by atoms with E-state index in [9.17, 15) is 18.0 Å². The third kappa shape index (κ3) is 3.30. The van der Waals surface area contributed by atoms with E-state index >= 15 is 0 Å². The zero-order chi connectivity index (χ0) is 20.1. The van der Waals surface area contributed by atoms with Crippen LogP contribution in [0, 0.1) is 13.8 Å². The molecule has 11 heteroatoms. The summed E-state index contributed by atoms with van der Waals surface area (Å²) in [5, 5.41) is 7.23. The second kappa shape index (κ2) is 6.73. The van der Waals surface area contributed by atoms with Gasteiger partial charge in [-0.05, 0) is 32.8 Å². The van der Waals surface area contributed by atoms with Crippen molar-refractivity contribution in [2.45, 2.75) is 38.9 Å². The van der Waals surface area contributed by atoms with Crippen LogP contribution in [0.25, 0.3) is 5.65 Å². The lowest BCUT2D eigenvalue weighted by Crippen LogP contribution is -2.41. The molecule has 0 radical (unpaired) electrons. The first-order valence-electron chi connectivity index (χ1n) is 8.67. The Labute approximate surface area is 162 Å². The molecule has 1 N–H and O–H groups in total. The van der Waals surface area contributed by atoms with Gasteiger partial charge in [0.2, 0.25) is 0 Å². The second-order valence-electron chi connectivity index (χ2n) is 6.62. The van der Waals surface area contributed by atoms with Crippen molar-refractivity contribution in [1.29, 1.82) is 0 Å². The maximum absolute atomic E-state index is 13.3. The molecule has 1 atom stereocenters. The maximum Gasteiger partial charge on any atom is 0.408 e. The van der Waals surface area contributed by atoms with Crippen LogP contribution >= 0.6 is 11.3 Å².